The standard InChI is InChI=1S/C19H18N4O/c24-19(22-16-11-14-5-1-2-7-18(14)21-12-16)23(17-8-9-17)13-15-6-3-4-10-20-15/h1-7,10-12,17H,8-9,13H2,(H,22,24). The largest absolute Gasteiger partial charge is 0.322 e. The van der Waals surface area contributed by atoms with Crippen LogP contribution in [-0.2, 0) is 6.54 Å². The smallest absolute Gasteiger partial charge is 0.316 e. The number of hydrogen-bond acceptors (Lipinski definition) is 3. The highest BCUT2D eigenvalue weighted by atomic mass is 16.2. The van der Waals surface area contributed by atoms with Crippen molar-refractivity contribution in [1.29, 1.82) is 0 Å². The number of carbonyl (C=O) groups is 1. The minimum absolute atomic E-state index is 0.0970. The number of hydrogen-bond donors (Lipinski definition) is 1. The average molecular weight is 318 g/mol. The van der Waals surface area contributed by atoms with Crippen LogP contribution in [0.4, 0.5) is 10.5 Å². The Hall–Kier alpha value is -2.95. The number of rotatable bonds is 4. The van der Waals surface area contributed by atoms with E-state index >= 15 is 0 Å². The SMILES string of the molecule is O=C(Nc1cnc2ccccc2c1)N(Cc1ccccn1)C1CC1. The van der Waals surface area contributed by atoms with E-state index in [1.807, 2.05) is 53.4 Å². The maximum atomic E-state index is 12.7. The fourth-order valence-electron chi connectivity index (χ4n) is 2.75. The van der Waals surface area contributed by atoms with Crippen LogP contribution < -0.4 is 5.32 Å². The number of anilines is 1. The number of nitrogens with zero attached hydrogens (tertiary/aromatic N) is 3. The fraction of sp³-hybridized carbons (Fsp3) is 0.211. The number of pyridine rings is 2. The van der Waals surface area contributed by atoms with Gasteiger partial charge in [0.25, 0.3) is 0 Å². The Morgan fingerprint density at radius 2 is 1.96 bits per heavy atom. The van der Waals surface area contributed by atoms with Crippen molar-refractivity contribution in [3.63, 3.8) is 0 Å². The number of amides is 2. The number of fused-ring (bicyclic) bond motifs is 1. The lowest BCUT2D eigenvalue weighted by molar-refractivity contribution is 0.205. The Bertz CT molecular complexity index is 861. The summed E-state index contributed by atoms with van der Waals surface area (Å²) in [4.78, 5) is 23.3. The number of para-hydroxylation sites is 1. The average Bonchev–Trinajstić information content (AvgIpc) is 3.45. The first kappa shape index (κ1) is 14.6. The molecule has 0 saturated heterocycles. The topological polar surface area (TPSA) is 58.1 Å². The van der Waals surface area contributed by atoms with Crippen LogP contribution in [0, 0.1) is 0 Å². The minimum atomic E-state index is -0.0970. The molecule has 5 nitrogen and oxygen atoms in total. The highest BCUT2D eigenvalue weighted by Gasteiger charge is 2.32. The third-order valence-corrected chi connectivity index (χ3v) is 4.15. The van der Waals surface area contributed by atoms with Crippen molar-refractivity contribution in [3.8, 4) is 0 Å². The molecule has 24 heavy (non-hydrogen) atoms. The first-order valence-corrected chi connectivity index (χ1v) is 8.12. The molecule has 5 heteroatoms. The lowest BCUT2D eigenvalue weighted by atomic mass is 10.2. The van der Waals surface area contributed by atoms with Crippen molar-refractivity contribution in [2.24, 2.45) is 0 Å². The van der Waals surface area contributed by atoms with Crippen LogP contribution in [0.15, 0.2) is 60.9 Å². The first-order valence-electron chi connectivity index (χ1n) is 8.12. The van der Waals surface area contributed by atoms with Crippen molar-refractivity contribution >= 4 is 22.6 Å². The van der Waals surface area contributed by atoms with E-state index in [2.05, 4.69) is 15.3 Å². The molecule has 0 aliphatic heterocycles. The molecular formula is C19H18N4O. The second kappa shape index (κ2) is 6.28. The van der Waals surface area contributed by atoms with Crippen molar-refractivity contribution < 1.29 is 4.79 Å². The van der Waals surface area contributed by atoms with Crippen LogP contribution in [0.25, 0.3) is 10.9 Å². The predicted molar refractivity (Wildman–Crippen MR) is 93.6 cm³/mol. The molecule has 1 aromatic carbocycles. The summed E-state index contributed by atoms with van der Waals surface area (Å²) >= 11 is 0. The number of benzene rings is 1. The van der Waals surface area contributed by atoms with Crippen LogP contribution in [-0.4, -0.2) is 26.9 Å². The van der Waals surface area contributed by atoms with Gasteiger partial charge >= 0.3 is 6.03 Å². The summed E-state index contributed by atoms with van der Waals surface area (Å²) in [7, 11) is 0. The van der Waals surface area contributed by atoms with E-state index in [-0.39, 0.29) is 6.03 Å². The molecular weight excluding hydrogens is 300 g/mol. The van der Waals surface area contributed by atoms with Crippen molar-refractivity contribution in [2.75, 3.05) is 5.32 Å². The van der Waals surface area contributed by atoms with E-state index in [4.69, 9.17) is 0 Å². The fourth-order valence-corrected chi connectivity index (χ4v) is 2.75. The Kier molecular flexibility index (Phi) is 3.83. The van der Waals surface area contributed by atoms with E-state index in [0.29, 0.717) is 18.3 Å². The summed E-state index contributed by atoms with van der Waals surface area (Å²) in [5, 5.41) is 3.98. The molecule has 0 spiro atoms. The second-order valence-corrected chi connectivity index (χ2v) is 6.03. The van der Waals surface area contributed by atoms with Crippen molar-refractivity contribution in [2.45, 2.75) is 25.4 Å². The van der Waals surface area contributed by atoms with E-state index in [9.17, 15) is 4.79 Å². The lowest BCUT2D eigenvalue weighted by Crippen LogP contribution is -2.36. The zero-order chi connectivity index (χ0) is 16.4. The first-order chi connectivity index (χ1) is 11.8. The van der Waals surface area contributed by atoms with Crippen LogP contribution in [0.3, 0.4) is 0 Å². The van der Waals surface area contributed by atoms with Crippen LogP contribution >= 0.6 is 0 Å². The lowest BCUT2D eigenvalue weighted by Gasteiger charge is -2.22. The maximum Gasteiger partial charge on any atom is 0.322 e. The van der Waals surface area contributed by atoms with Gasteiger partial charge in [-0.15, -0.1) is 0 Å². The van der Waals surface area contributed by atoms with Gasteiger partial charge in [0.05, 0.1) is 29.6 Å². The highest BCUT2D eigenvalue weighted by Crippen LogP contribution is 2.29. The molecule has 120 valence electrons. The molecule has 1 fully saturated rings. The summed E-state index contributed by atoms with van der Waals surface area (Å²) in [5.41, 5.74) is 2.53. The van der Waals surface area contributed by atoms with Gasteiger partial charge in [0.2, 0.25) is 0 Å². The second-order valence-electron chi connectivity index (χ2n) is 6.03. The molecule has 0 radical (unpaired) electrons. The third kappa shape index (κ3) is 3.20. The van der Waals surface area contributed by atoms with Gasteiger partial charge < -0.3 is 10.2 Å². The van der Waals surface area contributed by atoms with E-state index < -0.39 is 0 Å². The van der Waals surface area contributed by atoms with Crippen molar-refractivity contribution in [3.05, 3.63) is 66.6 Å². The van der Waals surface area contributed by atoms with Gasteiger partial charge in [0.15, 0.2) is 0 Å². The Morgan fingerprint density at radius 3 is 2.75 bits per heavy atom. The van der Waals surface area contributed by atoms with E-state index in [1.54, 1.807) is 12.4 Å². The number of nitrogens with one attached hydrogen (secondary N) is 1. The Balaban J connectivity index is 1.52. The van der Waals surface area contributed by atoms with Gasteiger partial charge in [-0.05, 0) is 37.1 Å². The number of urea groups is 1. The quantitative estimate of drug-likeness (QED) is 0.795. The van der Waals surface area contributed by atoms with E-state index in [0.717, 1.165) is 29.4 Å². The summed E-state index contributed by atoms with van der Waals surface area (Å²) in [5.74, 6) is 0. The van der Waals surface area contributed by atoms with E-state index in [1.165, 1.54) is 0 Å². The molecule has 2 aromatic heterocycles. The molecule has 0 unspecified atom stereocenters. The number of carbonyl (C=O) groups excluding carboxylic acids is 1. The Labute approximate surface area is 140 Å². The van der Waals surface area contributed by atoms with Gasteiger partial charge in [0.1, 0.15) is 0 Å². The van der Waals surface area contributed by atoms with Crippen LogP contribution in [0.5, 0.6) is 0 Å². The molecule has 0 atom stereocenters. The third-order valence-electron chi connectivity index (χ3n) is 4.15. The monoisotopic (exact) mass is 318 g/mol. The zero-order valence-electron chi connectivity index (χ0n) is 13.2. The van der Waals surface area contributed by atoms with Gasteiger partial charge in [-0.25, -0.2) is 4.79 Å². The molecule has 4 rings (SSSR count). The van der Waals surface area contributed by atoms with Gasteiger partial charge in [-0.3, -0.25) is 9.97 Å². The summed E-state index contributed by atoms with van der Waals surface area (Å²) in [6, 6.07) is 15.8. The minimum Gasteiger partial charge on any atom is -0.316 e. The van der Waals surface area contributed by atoms with Gasteiger partial charge in [0, 0.05) is 17.6 Å². The van der Waals surface area contributed by atoms with Gasteiger partial charge in [-0.1, -0.05) is 24.3 Å². The summed E-state index contributed by atoms with van der Waals surface area (Å²) in [6.07, 6.45) is 5.56. The summed E-state index contributed by atoms with van der Waals surface area (Å²) < 4.78 is 0. The zero-order valence-corrected chi connectivity index (χ0v) is 13.2. The Morgan fingerprint density at radius 1 is 1.12 bits per heavy atom. The van der Waals surface area contributed by atoms with Crippen molar-refractivity contribution in [1.82, 2.24) is 14.9 Å². The number of aromatic nitrogens is 2. The highest BCUT2D eigenvalue weighted by molar-refractivity contribution is 5.92. The normalized spacial score (nSPS) is 13.7. The molecule has 1 aliphatic rings. The molecule has 2 heterocycles. The summed E-state index contributed by atoms with van der Waals surface area (Å²) in [6.45, 7) is 0.526. The van der Waals surface area contributed by atoms with Gasteiger partial charge in [-0.2, -0.15) is 0 Å². The molecule has 1 N–H and O–H groups in total. The molecule has 3 aromatic rings. The molecule has 0 bridgehead atoms. The predicted octanol–water partition coefficient (Wildman–Crippen LogP) is 3.83. The van der Waals surface area contributed by atoms with Crippen LogP contribution in [0.1, 0.15) is 18.5 Å². The van der Waals surface area contributed by atoms with Crippen LogP contribution in [0.2, 0.25) is 0 Å². The molecule has 1 saturated carbocycles. The molecule has 1 aliphatic carbocycles. The maximum absolute atomic E-state index is 12.7. The molecule has 2 amide bonds.